The van der Waals surface area contributed by atoms with Gasteiger partial charge in [-0.2, -0.15) is 0 Å². The summed E-state index contributed by atoms with van der Waals surface area (Å²) in [5.41, 5.74) is 0.191. The molecule has 0 heterocycles. The van der Waals surface area contributed by atoms with Crippen LogP contribution in [-0.2, 0) is 0 Å². The van der Waals surface area contributed by atoms with Gasteiger partial charge < -0.3 is 10.2 Å². The van der Waals surface area contributed by atoms with Gasteiger partial charge in [0.25, 0.3) is 0 Å². The molecule has 2 heteroatoms. The molecular weight excluding hydrogens is 200 g/mol. The van der Waals surface area contributed by atoms with Crippen LogP contribution < -0.4 is 0 Å². The third kappa shape index (κ3) is 4.38. The van der Waals surface area contributed by atoms with Gasteiger partial charge in [-0.05, 0) is 26.3 Å². The maximum Gasteiger partial charge on any atom is 0.168 e. The smallest absolute Gasteiger partial charge is 0.168 e. The highest BCUT2D eigenvalue weighted by molar-refractivity contribution is 5.25. The standard InChI is InChI=1S/C14H24O2/c1-6-7-8-9-10-11-12(2)13(3,4)14(5,15)16/h11,15-16H,6-8H2,1-5H3/b12-11+. The molecule has 0 unspecified atom stereocenters. The normalized spacial score (nSPS) is 13.3. The van der Waals surface area contributed by atoms with Crippen molar-refractivity contribution in [2.24, 2.45) is 5.41 Å². The first kappa shape index (κ1) is 15.2. The number of aliphatic hydroxyl groups is 2. The maximum atomic E-state index is 9.62. The van der Waals surface area contributed by atoms with E-state index in [0.29, 0.717) is 0 Å². The number of hydrogen-bond acceptors (Lipinski definition) is 2. The molecule has 92 valence electrons. The van der Waals surface area contributed by atoms with E-state index in [2.05, 4.69) is 18.8 Å². The average molecular weight is 224 g/mol. The summed E-state index contributed by atoms with van der Waals surface area (Å²) in [5.74, 6) is 4.29. The first-order valence-corrected chi connectivity index (χ1v) is 5.84. The highest BCUT2D eigenvalue weighted by Gasteiger charge is 2.38. The summed E-state index contributed by atoms with van der Waals surface area (Å²) in [6, 6.07) is 0. The molecule has 0 aromatic rings. The summed E-state index contributed by atoms with van der Waals surface area (Å²) >= 11 is 0. The van der Waals surface area contributed by atoms with Crippen LogP contribution in [0.1, 0.15) is 53.9 Å². The fraction of sp³-hybridized carbons (Fsp3) is 0.714. The molecule has 0 atom stereocenters. The lowest BCUT2D eigenvalue weighted by molar-refractivity contribution is -0.206. The van der Waals surface area contributed by atoms with Crippen molar-refractivity contribution >= 4 is 0 Å². The Hall–Kier alpha value is -0.780. The summed E-state index contributed by atoms with van der Waals surface area (Å²) in [6.45, 7) is 9.00. The molecular formula is C14H24O2. The molecule has 2 nitrogen and oxygen atoms in total. The van der Waals surface area contributed by atoms with Crippen molar-refractivity contribution in [3.05, 3.63) is 11.6 Å². The van der Waals surface area contributed by atoms with Crippen molar-refractivity contribution in [2.75, 3.05) is 0 Å². The molecule has 2 N–H and O–H groups in total. The Morgan fingerprint density at radius 3 is 2.25 bits per heavy atom. The van der Waals surface area contributed by atoms with Crippen LogP contribution in [0.4, 0.5) is 0 Å². The van der Waals surface area contributed by atoms with E-state index in [0.717, 1.165) is 24.8 Å². The van der Waals surface area contributed by atoms with Gasteiger partial charge in [0, 0.05) is 11.8 Å². The van der Waals surface area contributed by atoms with Crippen molar-refractivity contribution in [3.63, 3.8) is 0 Å². The summed E-state index contributed by atoms with van der Waals surface area (Å²) in [7, 11) is 0. The Kier molecular flexibility index (Phi) is 5.78. The molecule has 0 amide bonds. The summed E-state index contributed by atoms with van der Waals surface area (Å²) < 4.78 is 0. The van der Waals surface area contributed by atoms with Crippen LogP contribution in [0.15, 0.2) is 11.6 Å². The minimum absolute atomic E-state index is 0.688. The second kappa shape index (κ2) is 6.08. The summed E-state index contributed by atoms with van der Waals surface area (Å²) in [6.07, 6.45) is 4.94. The van der Waals surface area contributed by atoms with Crippen molar-refractivity contribution in [3.8, 4) is 11.8 Å². The van der Waals surface area contributed by atoms with Gasteiger partial charge in [0.15, 0.2) is 5.79 Å². The van der Waals surface area contributed by atoms with Gasteiger partial charge in [0.2, 0.25) is 0 Å². The predicted octanol–water partition coefficient (Wildman–Crippen LogP) is 2.85. The monoisotopic (exact) mass is 224 g/mol. The van der Waals surface area contributed by atoms with Crippen molar-refractivity contribution in [2.45, 2.75) is 59.7 Å². The molecule has 16 heavy (non-hydrogen) atoms. The van der Waals surface area contributed by atoms with Gasteiger partial charge in [-0.1, -0.05) is 44.6 Å². The molecule has 0 saturated carbocycles. The van der Waals surface area contributed by atoms with Crippen LogP contribution >= 0.6 is 0 Å². The van der Waals surface area contributed by atoms with Crippen molar-refractivity contribution in [1.29, 1.82) is 0 Å². The summed E-state index contributed by atoms with van der Waals surface area (Å²) in [5, 5.41) is 19.2. The molecule has 0 rings (SSSR count). The average Bonchev–Trinajstić information content (AvgIpc) is 2.15. The minimum atomic E-state index is -1.72. The Morgan fingerprint density at radius 1 is 1.25 bits per heavy atom. The molecule has 0 fully saturated rings. The lowest BCUT2D eigenvalue weighted by Crippen LogP contribution is -2.42. The molecule has 0 aliphatic rings. The van der Waals surface area contributed by atoms with Crippen LogP contribution in [-0.4, -0.2) is 16.0 Å². The van der Waals surface area contributed by atoms with E-state index >= 15 is 0 Å². The first-order valence-electron chi connectivity index (χ1n) is 5.84. The molecule has 0 saturated heterocycles. The maximum absolute atomic E-state index is 9.62. The second-order valence-electron chi connectivity index (χ2n) is 4.90. The third-order valence-electron chi connectivity index (χ3n) is 3.22. The van der Waals surface area contributed by atoms with E-state index in [1.54, 1.807) is 19.9 Å². The van der Waals surface area contributed by atoms with E-state index < -0.39 is 11.2 Å². The number of allylic oxidation sites excluding steroid dienone is 1. The zero-order chi connectivity index (χ0) is 12.8. The van der Waals surface area contributed by atoms with Crippen LogP contribution in [0.5, 0.6) is 0 Å². The Bertz CT molecular complexity index is 295. The predicted molar refractivity (Wildman–Crippen MR) is 67.7 cm³/mol. The van der Waals surface area contributed by atoms with E-state index in [-0.39, 0.29) is 0 Å². The number of rotatable bonds is 4. The zero-order valence-electron chi connectivity index (χ0n) is 11.1. The molecule has 0 radical (unpaired) electrons. The first-order chi connectivity index (χ1) is 7.23. The van der Waals surface area contributed by atoms with Gasteiger partial charge in [-0.15, -0.1) is 0 Å². The van der Waals surface area contributed by atoms with Gasteiger partial charge in [0.1, 0.15) is 0 Å². The summed E-state index contributed by atoms with van der Waals surface area (Å²) in [4.78, 5) is 0. The highest BCUT2D eigenvalue weighted by atomic mass is 16.5. The zero-order valence-corrected chi connectivity index (χ0v) is 11.1. The van der Waals surface area contributed by atoms with Crippen LogP contribution in [0.3, 0.4) is 0 Å². The van der Waals surface area contributed by atoms with Gasteiger partial charge in [-0.3, -0.25) is 0 Å². The van der Waals surface area contributed by atoms with E-state index in [1.807, 2.05) is 6.92 Å². The van der Waals surface area contributed by atoms with Gasteiger partial charge >= 0.3 is 0 Å². The van der Waals surface area contributed by atoms with E-state index in [1.165, 1.54) is 6.92 Å². The Balaban J connectivity index is 4.58. The van der Waals surface area contributed by atoms with Crippen LogP contribution in [0, 0.1) is 17.3 Å². The lowest BCUT2D eigenvalue weighted by Gasteiger charge is -2.36. The van der Waals surface area contributed by atoms with Crippen molar-refractivity contribution in [1.82, 2.24) is 0 Å². The SMILES string of the molecule is CCCCC#C/C=C(\C)C(C)(C)C(C)(O)O. The fourth-order valence-corrected chi connectivity index (χ4v) is 1.05. The second-order valence-corrected chi connectivity index (χ2v) is 4.90. The molecule has 0 aliphatic carbocycles. The largest absolute Gasteiger partial charge is 0.365 e. The van der Waals surface area contributed by atoms with Crippen LogP contribution in [0.2, 0.25) is 0 Å². The minimum Gasteiger partial charge on any atom is -0.365 e. The van der Waals surface area contributed by atoms with Crippen LogP contribution in [0.25, 0.3) is 0 Å². The third-order valence-corrected chi connectivity index (χ3v) is 3.22. The van der Waals surface area contributed by atoms with E-state index in [4.69, 9.17) is 0 Å². The topological polar surface area (TPSA) is 40.5 Å². The molecule has 0 aromatic carbocycles. The molecule has 0 spiro atoms. The van der Waals surface area contributed by atoms with Gasteiger partial charge in [0.05, 0.1) is 0 Å². The molecule has 0 bridgehead atoms. The molecule has 0 aliphatic heterocycles. The number of unbranched alkanes of at least 4 members (excludes halogenated alkanes) is 2. The lowest BCUT2D eigenvalue weighted by atomic mass is 9.77. The van der Waals surface area contributed by atoms with Gasteiger partial charge in [-0.25, -0.2) is 0 Å². The Labute approximate surface area is 99.4 Å². The highest BCUT2D eigenvalue weighted by Crippen LogP contribution is 2.35. The Morgan fingerprint density at radius 2 is 1.81 bits per heavy atom. The molecule has 0 aromatic heterocycles. The number of hydrogen-bond donors (Lipinski definition) is 2. The van der Waals surface area contributed by atoms with E-state index in [9.17, 15) is 10.2 Å². The van der Waals surface area contributed by atoms with Crippen molar-refractivity contribution < 1.29 is 10.2 Å². The quantitative estimate of drug-likeness (QED) is 0.438. The fourth-order valence-electron chi connectivity index (χ4n) is 1.05.